The van der Waals surface area contributed by atoms with Crippen LogP contribution in [0.15, 0.2) is 72.8 Å². The number of carbonyl (C=O) groups is 2. The maximum Gasteiger partial charge on any atom is 0.303 e. The number of carboxylic acid groups (broad SMARTS) is 1. The molecule has 38 heavy (non-hydrogen) atoms. The summed E-state index contributed by atoms with van der Waals surface area (Å²) in [4.78, 5) is 34.1. The fourth-order valence-corrected chi connectivity index (χ4v) is 5.41. The molecule has 0 saturated heterocycles. The minimum absolute atomic E-state index is 0.0289. The summed E-state index contributed by atoms with van der Waals surface area (Å²) in [5, 5.41) is 12.3. The molecule has 1 atom stereocenters. The summed E-state index contributed by atoms with van der Waals surface area (Å²) in [5.41, 5.74) is 7.09. The van der Waals surface area contributed by atoms with Crippen molar-refractivity contribution in [3.8, 4) is 11.3 Å². The van der Waals surface area contributed by atoms with Gasteiger partial charge >= 0.3 is 5.97 Å². The molecule has 1 aliphatic carbocycles. The minimum atomic E-state index is -0.794. The number of nitrogens with zero attached hydrogens (tertiary/aromatic N) is 2. The molecule has 0 aliphatic heterocycles. The van der Waals surface area contributed by atoms with Crippen molar-refractivity contribution >= 4 is 22.9 Å². The van der Waals surface area contributed by atoms with Gasteiger partial charge in [-0.2, -0.15) is 0 Å². The molecule has 1 heterocycles. The molecule has 0 radical (unpaired) electrons. The van der Waals surface area contributed by atoms with Gasteiger partial charge in [-0.1, -0.05) is 68.4 Å². The number of nitrogens with one attached hydrogen (secondary N) is 1. The van der Waals surface area contributed by atoms with Gasteiger partial charge in [0.15, 0.2) is 0 Å². The van der Waals surface area contributed by atoms with Crippen molar-refractivity contribution in [3.63, 3.8) is 0 Å². The topological polar surface area (TPSA) is 92.2 Å². The zero-order valence-electron chi connectivity index (χ0n) is 21.9. The van der Waals surface area contributed by atoms with Crippen molar-refractivity contribution in [2.24, 2.45) is 0 Å². The lowest BCUT2D eigenvalue weighted by Gasteiger charge is -2.37. The Morgan fingerprint density at radius 1 is 0.947 bits per heavy atom. The van der Waals surface area contributed by atoms with Crippen LogP contribution in [0.4, 0.5) is 0 Å². The number of unbranched alkanes of at least 4 members (excludes halogenated alkanes) is 1. The first-order valence-corrected chi connectivity index (χ1v) is 13.3. The van der Waals surface area contributed by atoms with Crippen LogP contribution in [-0.2, 0) is 16.6 Å². The Morgan fingerprint density at radius 2 is 1.71 bits per heavy atom. The van der Waals surface area contributed by atoms with Crippen molar-refractivity contribution in [3.05, 3.63) is 95.2 Å². The van der Waals surface area contributed by atoms with E-state index in [0.717, 1.165) is 35.3 Å². The molecule has 194 valence electrons. The summed E-state index contributed by atoms with van der Waals surface area (Å²) < 4.78 is 0. The monoisotopic (exact) mass is 507 g/mol. The standard InChI is InChI=1S/C32H33N3O3/c1-32(2)19-18-25(23-12-6-7-13-24(23)32)35-31(38)22-16-17-26-28(20-22)33-27(14-8-9-15-29(36)37)30(34-26)21-10-4-3-5-11-21/h3-7,10-13,16-17,20,25H,8-9,14-15,18-19H2,1-2H3,(H,35,38)(H,36,37)/t25-/m0/s1. The number of aryl methyl sites for hydroxylation is 1. The van der Waals surface area contributed by atoms with Gasteiger partial charge in [-0.05, 0) is 66.8 Å². The molecule has 0 saturated carbocycles. The molecule has 1 amide bonds. The Balaban J connectivity index is 1.43. The Kier molecular flexibility index (Phi) is 7.23. The largest absolute Gasteiger partial charge is 0.481 e. The molecule has 2 N–H and O–H groups in total. The van der Waals surface area contributed by atoms with E-state index in [2.05, 4.69) is 37.4 Å². The number of amides is 1. The van der Waals surface area contributed by atoms with Gasteiger partial charge in [-0.3, -0.25) is 9.59 Å². The third-order valence-electron chi connectivity index (χ3n) is 7.53. The molecule has 0 bridgehead atoms. The van der Waals surface area contributed by atoms with Crippen LogP contribution in [0.5, 0.6) is 0 Å². The molecule has 0 fully saturated rings. The van der Waals surface area contributed by atoms with Gasteiger partial charge in [0.05, 0.1) is 28.5 Å². The maximum atomic E-state index is 13.4. The van der Waals surface area contributed by atoms with Crippen LogP contribution >= 0.6 is 0 Å². The fraction of sp³-hybridized carbons (Fsp3) is 0.312. The summed E-state index contributed by atoms with van der Waals surface area (Å²) >= 11 is 0. The highest BCUT2D eigenvalue weighted by Gasteiger charge is 2.33. The second-order valence-electron chi connectivity index (χ2n) is 10.7. The van der Waals surface area contributed by atoms with Gasteiger partial charge in [0.25, 0.3) is 5.91 Å². The molecule has 6 heteroatoms. The highest BCUT2D eigenvalue weighted by atomic mass is 16.4. The number of carbonyl (C=O) groups excluding carboxylic acids is 1. The van der Waals surface area contributed by atoms with E-state index in [1.165, 1.54) is 11.1 Å². The molecular formula is C32H33N3O3. The molecule has 5 rings (SSSR count). The SMILES string of the molecule is CC1(C)CC[C@H](NC(=O)c2ccc3nc(-c4ccccc4)c(CCCCC(=O)O)nc3c2)c2ccccc21. The third-order valence-corrected chi connectivity index (χ3v) is 7.53. The molecule has 6 nitrogen and oxygen atoms in total. The summed E-state index contributed by atoms with van der Waals surface area (Å²) in [6.45, 7) is 4.52. The van der Waals surface area contributed by atoms with Crippen molar-refractivity contribution in [2.45, 2.75) is 63.8 Å². The number of fused-ring (bicyclic) bond motifs is 2. The van der Waals surface area contributed by atoms with E-state index in [0.29, 0.717) is 30.3 Å². The first kappa shape index (κ1) is 25.6. The number of hydrogen-bond donors (Lipinski definition) is 2. The summed E-state index contributed by atoms with van der Waals surface area (Å²) in [7, 11) is 0. The molecule has 1 aromatic heterocycles. The lowest BCUT2D eigenvalue weighted by atomic mass is 9.71. The van der Waals surface area contributed by atoms with E-state index in [9.17, 15) is 9.59 Å². The van der Waals surface area contributed by atoms with E-state index < -0.39 is 5.97 Å². The summed E-state index contributed by atoms with van der Waals surface area (Å²) in [5.74, 6) is -0.916. The van der Waals surface area contributed by atoms with Gasteiger partial charge in [0.2, 0.25) is 0 Å². The van der Waals surface area contributed by atoms with Crippen molar-refractivity contribution in [2.75, 3.05) is 0 Å². The van der Waals surface area contributed by atoms with Crippen LogP contribution < -0.4 is 5.32 Å². The predicted octanol–water partition coefficient (Wildman–Crippen LogP) is 6.64. The predicted molar refractivity (Wildman–Crippen MR) is 149 cm³/mol. The average Bonchev–Trinajstić information content (AvgIpc) is 2.92. The van der Waals surface area contributed by atoms with Crippen molar-refractivity contribution < 1.29 is 14.7 Å². The molecule has 0 spiro atoms. The van der Waals surface area contributed by atoms with Gasteiger partial charge in [-0.25, -0.2) is 9.97 Å². The zero-order chi connectivity index (χ0) is 26.7. The number of benzene rings is 3. The van der Waals surface area contributed by atoms with E-state index in [4.69, 9.17) is 15.1 Å². The van der Waals surface area contributed by atoms with Crippen LogP contribution in [0.25, 0.3) is 22.3 Å². The lowest BCUT2D eigenvalue weighted by molar-refractivity contribution is -0.137. The van der Waals surface area contributed by atoms with E-state index in [1.54, 1.807) is 0 Å². The quantitative estimate of drug-likeness (QED) is 0.261. The van der Waals surface area contributed by atoms with Gasteiger partial charge < -0.3 is 10.4 Å². The Hall–Kier alpha value is -4.06. The Labute approximate surface area is 223 Å². The van der Waals surface area contributed by atoms with Crippen LogP contribution in [0.1, 0.15) is 79.2 Å². The second-order valence-corrected chi connectivity index (χ2v) is 10.7. The van der Waals surface area contributed by atoms with Crippen LogP contribution in [-0.4, -0.2) is 27.0 Å². The second kappa shape index (κ2) is 10.7. The highest BCUT2D eigenvalue weighted by molar-refractivity contribution is 5.97. The van der Waals surface area contributed by atoms with E-state index in [1.807, 2.05) is 54.6 Å². The van der Waals surface area contributed by atoms with Crippen LogP contribution in [0.3, 0.4) is 0 Å². The van der Waals surface area contributed by atoms with E-state index in [-0.39, 0.29) is 23.8 Å². The number of carboxylic acids is 1. The Morgan fingerprint density at radius 3 is 2.50 bits per heavy atom. The fourth-order valence-electron chi connectivity index (χ4n) is 5.41. The average molecular weight is 508 g/mol. The maximum absolute atomic E-state index is 13.4. The number of aromatic nitrogens is 2. The highest BCUT2D eigenvalue weighted by Crippen LogP contribution is 2.41. The summed E-state index contributed by atoms with van der Waals surface area (Å²) in [6, 6.07) is 23.7. The lowest BCUT2D eigenvalue weighted by Crippen LogP contribution is -2.35. The molecule has 1 aliphatic rings. The molecular weight excluding hydrogens is 474 g/mol. The zero-order valence-corrected chi connectivity index (χ0v) is 21.9. The van der Waals surface area contributed by atoms with E-state index >= 15 is 0 Å². The van der Waals surface area contributed by atoms with Gasteiger partial charge in [-0.15, -0.1) is 0 Å². The Bertz CT molecular complexity index is 1480. The molecule has 3 aromatic carbocycles. The van der Waals surface area contributed by atoms with Gasteiger partial charge in [0.1, 0.15) is 0 Å². The summed E-state index contributed by atoms with van der Waals surface area (Å²) in [6.07, 6.45) is 3.92. The minimum Gasteiger partial charge on any atom is -0.481 e. The normalized spacial score (nSPS) is 16.1. The number of hydrogen-bond acceptors (Lipinski definition) is 4. The molecule has 4 aromatic rings. The first-order valence-electron chi connectivity index (χ1n) is 13.3. The van der Waals surface area contributed by atoms with Crippen LogP contribution in [0, 0.1) is 0 Å². The number of rotatable bonds is 8. The van der Waals surface area contributed by atoms with Crippen molar-refractivity contribution in [1.82, 2.24) is 15.3 Å². The van der Waals surface area contributed by atoms with Gasteiger partial charge in [0, 0.05) is 17.5 Å². The van der Waals surface area contributed by atoms with Crippen LogP contribution in [0.2, 0.25) is 0 Å². The first-order chi connectivity index (χ1) is 18.3. The third kappa shape index (κ3) is 5.44. The molecule has 0 unspecified atom stereocenters. The number of aliphatic carboxylic acids is 1. The van der Waals surface area contributed by atoms with Crippen molar-refractivity contribution in [1.29, 1.82) is 0 Å². The smallest absolute Gasteiger partial charge is 0.303 e.